The first-order valence-electron chi connectivity index (χ1n) is 8.11. The third kappa shape index (κ3) is 2.99. The molecule has 2 aliphatic heterocycles. The van der Waals surface area contributed by atoms with E-state index in [4.69, 9.17) is 4.74 Å². The summed E-state index contributed by atoms with van der Waals surface area (Å²) in [5.41, 5.74) is 0.895. The van der Waals surface area contributed by atoms with Crippen molar-refractivity contribution in [2.24, 2.45) is 0 Å². The molecule has 0 aromatic heterocycles. The summed E-state index contributed by atoms with van der Waals surface area (Å²) in [5, 5.41) is 9.62. The molecule has 1 N–H and O–H groups in total. The van der Waals surface area contributed by atoms with Gasteiger partial charge < -0.3 is 19.6 Å². The Morgan fingerprint density at radius 2 is 2.12 bits per heavy atom. The first-order valence-corrected chi connectivity index (χ1v) is 9.55. The zero-order valence-electron chi connectivity index (χ0n) is 14.3. The number of hydrogen-bond acceptors (Lipinski definition) is 6. The van der Waals surface area contributed by atoms with Crippen LogP contribution in [0.2, 0.25) is 0 Å². The average molecular weight is 355 g/mol. The molecule has 7 nitrogen and oxygen atoms in total. The third-order valence-corrected chi connectivity index (χ3v) is 6.83. The molecule has 8 heteroatoms. The second kappa shape index (κ2) is 6.51. The summed E-state index contributed by atoms with van der Waals surface area (Å²) in [4.78, 5) is 4.27. The van der Waals surface area contributed by atoms with Gasteiger partial charge in [-0.2, -0.15) is 4.31 Å². The van der Waals surface area contributed by atoms with Crippen LogP contribution in [0.4, 0.5) is 5.69 Å². The molecule has 134 valence electrons. The lowest BCUT2D eigenvalue weighted by Gasteiger charge is -2.29. The van der Waals surface area contributed by atoms with Gasteiger partial charge in [0.15, 0.2) is 0 Å². The van der Waals surface area contributed by atoms with Gasteiger partial charge in [0.2, 0.25) is 10.0 Å². The van der Waals surface area contributed by atoms with Crippen molar-refractivity contribution in [1.29, 1.82) is 0 Å². The fraction of sp³-hybridized carbons (Fsp3) is 0.625. The minimum absolute atomic E-state index is 0.108. The molecule has 24 heavy (non-hydrogen) atoms. The normalized spacial score (nSPS) is 25.0. The predicted octanol–water partition coefficient (Wildman–Crippen LogP) is 0.201. The Kier molecular flexibility index (Phi) is 4.74. The van der Waals surface area contributed by atoms with Crippen molar-refractivity contribution >= 4 is 15.7 Å². The molecule has 2 atom stereocenters. The van der Waals surface area contributed by atoms with Gasteiger partial charge in [-0.25, -0.2) is 8.42 Å². The summed E-state index contributed by atoms with van der Waals surface area (Å²) >= 11 is 0. The molecule has 3 rings (SSSR count). The van der Waals surface area contributed by atoms with Crippen LogP contribution in [0, 0.1) is 0 Å². The number of aliphatic hydroxyl groups is 1. The number of benzene rings is 1. The standard InChI is InChI=1S/C16H25N3O4S/c1-17(2)12-8-13(11-20)19(10-12)24(21,22)14-4-5-15-16(9-14)23-7-6-18(15)3/h4-5,9,12-13,20H,6-8,10-11H2,1-3H3/t12-,13+/m1/s1. The molecule has 0 radical (unpaired) electrons. The van der Waals surface area contributed by atoms with E-state index in [9.17, 15) is 13.5 Å². The number of rotatable bonds is 4. The number of anilines is 1. The lowest BCUT2D eigenvalue weighted by atomic mass is 10.2. The summed E-state index contributed by atoms with van der Waals surface area (Å²) in [5.74, 6) is 0.591. The topological polar surface area (TPSA) is 73.3 Å². The van der Waals surface area contributed by atoms with Crippen LogP contribution in [0.1, 0.15) is 6.42 Å². The van der Waals surface area contributed by atoms with Gasteiger partial charge in [0.1, 0.15) is 12.4 Å². The maximum absolute atomic E-state index is 13.1. The molecule has 1 fully saturated rings. The fourth-order valence-corrected chi connectivity index (χ4v) is 5.01. The smallest absolute Gasteiger partial charge is 0.243 e. The van der Waals surface area contributed by atoms with Crippen molar-refractivity contribution in [3.8, 4) is 5.75 Å². The molecule has 0 bridgehead atoms. The molecular weight excluding hydrogens is 330 g/mol. The molecule has 0 aliphatic carbocycles. The summed E-state index contributed by atoms with van der Waals surface area (Å²) in [6.45, 7) is 1.53. The summed E-state index contributed by atoms with van der Waals surface area (Å²) in [7, 11) is 2.15. The number of likely N-dealkylation sites (N-methyl/N-ethyl adjacent to an activating group) is 2. The van der Waals surface area contributed by atoms with E-state index in [-0.39, 0.29) is 23.6 Å². The second-order valence-corrected chi connectivity index (χ2v) is 8.55. The maximum Gasteiger partial charge on any atom is 0.243 e. The number of fused-ring (bicyclic) bond motifs is 1. The van der Waals surface area contributed by atoms with Crippen molar-refractivity contribution < 1.29 is 18.3 Å². The minimum Gasteiger partial charge on any atom is -0.490 e. The number of nitrogens with zero attached hydrogens (tertiary/aromatic N) is 3. The molecule has 0 unspecified atom stereocenters. The van der Waals surface area contributed by atoms with Crippen LogP contribution in [0.15, 0.2) is 23.1 Å². The third-order valence-electron chi connectivity index (χ3n) is 4.92. The number of ether oxygens (including phenoxy) is 1. The van der Waals surface area contributed by atoms with E-state index in [0.717, 1.165) is 12.2 Å². The molecule has 1 aromatic carbocycles. The van der Waals surface area contributed by atoms with Gasteiger partial charge in [0, 0.05) is 31.7 Å². The van der Waals surface area contributed by atoms with Crippen molar-refractivity contribution in [2.75, 3.05) is 52.3 Å². The summed E-state index contributed by atoms with van der Waals surface area (Å²) < 4.78 is 33.2. The Bertz CT molecular complexity index is 707. The zero-order chi connectivity index (χ0) is 17.5. The Balaban J connectivity index is 1.93. The fourth-order valence-electron chi connectivity index (χ4n) is 3.33. The van der Waals surface area contributed by atoms with Crippen molar-refractivity contribution in [3.05, 3.63) is 18.2 Å². The van der Waals surface area contributed by atoms with Gasteiger partial charge in [0.05, 0.1) is 23.7 Å². The van der Waals surface area contributed by atoms with Gasteiger partial charge in [-0.3, -0.25) is 0 Å². The van der Waals surface area contributed by atoms with Crippen LogP contribution in [-0.4, -0.2) is 82.3 Å². The summed E-state index contributed by atoms with van der Waals surface area (Å²) in [6, 6.07) is 4.72. The monoisotopic (exact) mass is 355 g/mol. The Hall–Kier alpha value is -1.35. The number of sulfonamides is 1. The molecule has 0 spiro atoms. The van der Waals surface area contributed by atoms with E-state index in [0.29, 0.717) is 25.3 Å². The van der Waals surface area contributed by atoms with E-state index in [1.165, 1.54) is 4.31 Å². The van der Waals surface area contributed by atoms with Gasteiger partial charge in [-0.15, -0.1) is 0 Å². The molecule has 2 heterocycles. The highest BCUT2D eigenvalue weighted by Crippen LogP contribution is 2.35. The molecule has 0 amide bonds. The molecule has 1 saturated heterocycles. The largest absolute Gasteiger partial charge is 0.490 e. The van der Waals surface area contributed by atoms with Crippen LogP contribution in [0.5, 0.6) is 5.75 Å². The lowest BCUT2D eigenvalue weighted by Crippen LogP contribution is -2.39. The molecule has 1 aromatic rings. The Morgan fingerprint density at radius 1 is 1.38 bits per heavy atom. The van der Waals surface area contributed by atoms with Crippen molar-refractivity contribution in [1.82, 2.24) is 9.21 Å². The zero-order valence-corrected chi connectivity index (χ0v) is 15.2. The van der Waals surface area contributed by atoms with Gasteiger partial charge in [-0.05, 0) is 32.6 Å². The molecule has 2 aliphatic rings. The van der Waals surface area contributed by atoms with E-state index in [1.54, 1.807) is 18.2 Å². The number of aliphatic hydroxyl groups excluding tert-OH is 1. The maximum atomic E-state index is 13.1. The predicted molar refractivity (Wildman–Crippen MR) is 92.1 cm³/mol. The quantitative estimate of drug-likeness (QED) is 0.832. The van der Waals surface area contributed by atoms with E-state index in [2.05, 4.69) is 0 Å². The first kappa shape index (κ1) is 17.5. The van der Waals surface area contributed by atoms with Crippen LogP contribution in [0.3, 0.4) is 0 Å². The average Bonchev–Trinajstić information content (AvgIpc) is 3.00. The van der Waals surface area contributed by atoms with Gasteiger partial charge in [-0.1, -0.05) is 0 Å². The van der Waals surface area contributed by atoms with Crippen LogP contribution < -0.4 is 9.64 Å². The van der Waals surface area contributed by atoms with Crippen molar-refractivity contribution in [2.45, 2.75) is 23.4 Å². The van der Waals surface area contributed by atoms with Gasteiger partial charge in [0.25, 0.3) is 0 Å². The van der Waals surface area contributed by atoms with E-state index in [1.807, 2.05) is 30.9 Å². The second-order valence-electron chi connectivity index (χ2n) is 6.66. The first-order chi connectivity index (χ1) is 11.3. The molecular formula is C16H25N3O4S. The van der Waals surface area contributed by atoms with Crippen LogP contribution in [0.25, 0.3) is 0 Å². The highest BCUT2D eigenvalue weighted by atomic mass is 32.2. The summed E-state index contributed by atoms with van der Waals surface area (Å²) in [6.07, 6.45) is 0.632. The molecule has 0 saturated carbocycles. The van der Waals surface area contributed by atoms with E-state index >= 15 is 0 Å². The highest BCUT2D eigenvalue weighted by molar-refractivity contribution is 7.89. The van der Waals surface area contributed by atoms with Crippen LogP contribution in [-0.2, 0) is 10.0 Å². The Morgan fingerprint density at radius 3 is 2.79 bits per heavy atom. The SMILES string of the molecule is CN1CCOc2cc(S(=O)(=O)N3C[C@H](N(C)C)C[C@H]3CO)ccc21. The lowest BCUT2D eigenvalue weighted by molar-refractivity contribution is 0.212. The highest BCUT2D eigenvalue weighted by Gasteiger charge is 2.41. The van der Waals surface area contributed by atoms with Crippen LogP contribution >= 0.6 is 0 Å². The minimum atomic E-state index is -3.67. The van der Waals surface area contributed by atoms with E-state index < -0.39 is 10.0 Å². The van der Waals surface area contributed by atoms with Crippen molar-refractivity contribution in [3.63, 3.8) is 0 Å². The number of hydrogen-bond donors (Lipinski definition) is 1. The van der Waals surface area contributed by atoms with Gasteiger partial charge >= 0.3 is 0 Å². The Labute approximate surface area is 143 Å².